The van der Waals surface area contributed by atoms with Crippen molar-refractivity contribution in [1.29, 1.82) is 0 Å². The second-order valence-electron chi connectivity index (χ2n) is 0.0680. The molecule has 0 bridgehead atoms. The summed E-state index contributed by atoms with van der Waals surface area (Å²) in [5.41, 5.74) is 0. The summed E-state index contributed by atoms with van der Waals surface area (Å²) in [4.78, 5) is 0. The number of rotatable bonds is 0. The maximum absolute atomic E-state index is 4.34. The van der Waals surface area contributed by atoms with Gasteiger partial charge in [-0.25, -0.2) is 0 Å². The molecule has 0 N–H and O–H groups in total. The molecule has 0 aromatic heterocycles. The summed E-state index contributed by atoms with van der Waals surface area (Å²) >= 11 is -0.363. The quantitative estimate of drug-likeness (QED) is 0.612. The van der Waals surface area contributed by atoms with E-state index in [-0.39, 0.29) is 77.7 Å². The van der Waals surface area contributed by atoms with E-state index in [1.807, 2.05) is 0 Å². The number of hydrogen-bond donors (Lipinski definition) is 0. The Kier molecular flexibility index (Phi) is 313. The molecule has 0 aliphatic rings. The van der Waals surface area contributed by atoms with E-state index in [1.54, 1.807) is 0 Å². The Bertz CT molecular complexity index is 39.0. The molecule has 46 valence electrons. The molecule has 0 rings (SSSR count). The van der Waals surface area contributed by atoms with Crippen LogP contribution in [-0.4, -0.2) is 0 Å². The Morgan fingerprint density at radius 2 is 0.875 bits per heavy atom. The Balaban J connectivity index is -0.00000000200. The van der Waals surface area contributed by atoms with Crippen molar-refractivity contribution >= 4 is 19.6 Å². The maximum atomic E-state index is 4.34. The summed E-state index contributed by atoms with van der Waals surface area (Å²) < 4.78 is 0. The van der Waals surface area contributed by atoms with Gasteiger partial charge in [0.1, 0.15) is 0 Å². The topological polar surface area (TPSA) is 57.0 Å². The second kappa shape index (κ2) is 54.4. The monoisotopic (exact) mass is 354 g/mol. The Labute approximate surface area is 96.0 Å². The molecule has 0 aliphatic heterocycles. The van der Waals surface area contributed by atoms with E-state index in [4.69, 9.17) is 0 Å². The fourth-order valence-corrected chi connectivity index (χ4v) is 0. The van der Waals surface area contributed by atoms with Crippen molar-refractivity contribution in [3.63, 3.8) is 0 Å². The Morgan fingerprint density at radius 1 is 0.875 bits per heavy atom. The van der Waals surface area contributed by atoms with Crippen molar-refractivity contribution in [2.24, 2.45) is 0 Å². The molecule has 0 unspecified atom stereocenters. The van der Waals surface area contributed by atoms with Crippen molar-refractivity contribution in [2.75, 3.05) is 0 Å². The molecule has 2 nitrogen and oxygen atoms in total. The SMILES string of the molecule is [Cr+3].[Cr+3].[Fe+2].[O-2].[O-2].[S]=[Mo]=[S]. The minimum atomic E-state index is -0.363. The average molecular weight is 352 g/mol. The van der Waals surface area contributed by atoms with Crippen molar-refractivity contribution in [1.82, 2.24) is 0 Å². The average Bonchev–Trinajstić information content (AvgIpc) is 0.918. The molecular weight excluding hydrogens is 352 g/mol. The van der Waals surface area contributed by atoms with Crippen LogP contribution in [0.5, 0.6) is 0 Å². The summed E-state index contributed by atoms with van der Waals surface area (Å²) in [5, 5.41) is 0. The normalized spacial score (nSPS) is 1.50. The van der Waals surface area contributed by atoms with Gasteiger partial charge in [-0.2, -0.15) is 0 Å². The first kappa shape index (κ1) is 46.0. The zero-order valence-corrected chi connectivity index (χ0v) is 10.5. The molecule has 0 aliphatic carbocycles. The first-order valence-electron chi connectivity index (χ1n) is 0.333. The molecule has 0 saturated carbocycles. The summed E-state index contributed by atoms with van der Waals surface area (Å²) in [7, 11) is 8.68. The van der Waals surface area contributed by atoms with Crippen LogP contribution in [0.25, 0.3) is 0 Å². The zero-order chi connectivity index (χ0) is 2.71. The van der Waals surface area contributed by atoms with E-state index in [0.717, 1.165) is 0 Å². The van der Waals surface area contributed by atoms with E-state index in [2.05, 4.69) is 19.6 Å². The van der Waals surface area contributed by atoms with Gasteiger partial charge in [0.05, 0.1) is 0 Å². The minimum absolute atomic E-state index is 0. The van der Waals surface area contributed by atoms with Gasteiger partial charge in [-0.15, -0.1) is 0 Å². The molecular formula is Cr2FeMoO2S2+4. The van der Waals surface area contributed by atoms with Crippen LogP contribution in [0.1, 0.15) is 0 Å². The van der Waals surface area contributed by atoms with Gasteiger partial charge in [-0.05, 0) is 0 Å². The third-order valence-electron chi connectivity index (χ3n) is 0. The van der Waals surface area contributed by atoms with Gasteiger partial charge in [0, 0.05) is 0 Å². The molecule has 0 fully saturated rings. The predicted octanol–water partition coefficient (Wildman–Crippen LogP) is 1.05. The zero-order valence-electron chi connectivity index (χ0n) is 3.21. The molecule has 0 amide bonds. The van der Waals surface area contributed by atoms with Crippen LogP contribution in [0.3, 0.4) is 0 Å². The molecule has 0 saturated heterocycles. The van der Waals surface area contributed by atoms with Gasteiger partial charge in [0.2, 0.25) is 0 Å². The fourth-order valence-electron chi connectivity index (χ4n) is 0. The second-order valence-corrected chi connectivity index (χ2v) is 3.62. The molecule has 8 heavy (non-hydrogen) atoms. The summed E-state index contributed by atoms with van der Waals surface area (Å²) in [6.45, 7) is 0. The molecule has 0 atom stereocenters. The Morgan fingerprint density at radius 3 is 0.875 bits per heavy atom. The number of hydrogen-bond acceptors (Lipinski definition) is 2. The van der Waals surface area contributed by atoms with Gasteiger partial charge in [0.15, 0.2) is 0 Å². The van der Waals surface area contributed by atoms with Crippen LogP contribution < -0.4 is 0 Å². The Hall–Kier alpha value is 2.63. The molecule has 0 spiro atoms. The van der Waals surface area contributed by atoms with Gasteiger partial charge < -0.3 is 11.0 Å². The first-order valence-corrected chi connectivity index (χ1v) is 5.92. The third kappa shape index (κ3) is 72.6. The van der Waals surface area contributed by atoms with Gasteiger partial charge in [-0.3, -0.25) is 0 Å². The van der Waals surface area contributed by atoms with Crippen molar-refractivity contribution < 1.29 is 77.7 Å². The fraction of sp³-hybridized carbons (Fsp3) is 0. The van der Waals surface area contributed by atoms with Crippen molar-refractivity contribution in [3.05, 3.63) is 0 Å². The molecule has 0 aromatic carbocycles. The van der Waals surface area contributed by atoms with Crippen LogP contribution in [0, 0.1) is 0 Å². The van der Waals surface area contributed by atoms with Crippen LogP contribution in [0.4, 0.5) is 0 Å². The molecule has 0 aromatic rings. The first-order chi connectivity index (χ1) is 1.41. The van der Waals surface area contributed by atoms with E-state index in [0.29, 0.717) is 0 Å². The van der Waals surface area contributed by atoms with Crippen LogP contribution >= 0.6 is 19.6 Å². The van der Waals surface area contributed by atoms with E-state index in [9.17, 15) is 0 Å². The van der Waals surface area contributed by atoms with E-state index < -0.39 is 0 Å². The van der Waals surface area contributed by atoms with Crippen LogP contribution in [-0.2, 0) is 77.7 Å². The predicted molar refractivity (Wildman–Crippen MR) is 16.6 cm³/mol. The van der Waals surface area contributed by atoms with Gasteiger partial charge in [-0.1, -0.05) is 0 Å². The van der Waals surface area contributed by atoms with E-state index >= 15 is 0 Å². The van der Waals surface area contributed by atoms with Crippen LogP contribution in [0.15, 0.2) is 0 Å². The van der Waals surface area contributed by atoms with Crippen molar-refractivity contribution in [3.8, 4) is 0 Å². The summed E-state index contributed by atoms with van der Waals surface area (Å²) in [6, 6.07) is 0. The standard InChI is InChI=1S/2Cr.Fe.Mo.2O.2S/q2*+3;+2;;2*-2;;. The molecule has 8 heteroatoms. The molecule has 2 radical (unpaired) electrons. The van der Waals surface area contributed by atoms with Crippen molar-refractivity contribution in [2.45, 2.75) is 0 Å². The van der Waals surface area contributed by atoms with Crippen LogP contribution in [0.2, 0.25) is 0 Å². The van der Waals surface area contributed by atoms with E-state index in [1.165, 1.54) is 0 Å². The molecule has 0 heterocycles. The van der Waals surface area contributed by atoms with Gasteiger partial charge >= 0.3 is 86.4 Å². The third-order valence-corrected chi connectivity index (χ3v) is 0. The summed E-state index contributed by atoms with van der Waals surface area (Å²) in [6.07, 6.45) is 0. The van der Waals surface area contributed by atoms with Gasteiger partial charge in [0.25, 0.3) is 0 Å². The summed E-state index contributed by atoms with van der Waals surface area (Å²) in [5.74, 6) is 0.